The van der Waals surface area contributed by atoms with E-state index in [2.05, 4.69) is 30.4 Å². The van der Waals surface area contributed by atoms with Crippen LogP contribution in [-0.4, -0.2) is 30.8 Å². The normalized spacial score (nSPS) is 14.8. The summed E-state index contributed by atoms with van der Waals surface area (Å²) in [6.45, 7) is 8.56. The number of alkyl halides is 1. The molecular weight excluding hydrogens is 304 g/mol. The van der Waals surface area contributed by atoms with E-state index in [0.29, 0.717) is 6.04 Å². The van der Waals surface area contributed by atoms with Crippen LogP contribution in [0.25, 0.3) is 11.2 Å². The third-order valence-electron chi connectivity index (χ3n) is 3.78. The summed E-state index contributed by atoms with van der Waals surface area (Å²) in [7, 11) is 2.00. The maximum absolute atomic E-state index is 6.37. The Hall–Kier alpha value is -0.680. The van der Waals surface area contributed by atoms with Crippen molar-refractivity contribution in [2.45, 2.75) is 52.0 Å². The molecule has 2 aromatic rings. The molecule has 0 aromatic carbocycles. The van der Waals surface area contributed by atoms with Gasteiger partial charge >= 0.3 is 0 Å². The molecule has 0 bridgehead atoms. The quantitative estimate of drug-likeness (QED) is 0.560. The number of halogens is 1. The summed E-state index contributed by atoms with van der Waals surface area (Å²) in [6, 6.07) is 0.380. The minimum Gasteiger partial charge on any atom is -0.309 e. The van der Waals surface area contributed by atoms with E-state index in [9.17, 15) is 0 Å². The van der Waals surface area contributed by atoms with Gasteiger partial charge in [-0.3, -0.25) is 4.68 Å². The topological polar surface area (TPSA) is 35.6 Å². The number of hydrogen-bond acceptors (Lipinski definition) is 3. The Kier molecular flexibility index (Phi) is 5.60. The number of fused-ring (bicyclic) bond motifs is 1. The van der Waals surface area contributed by atoms with Crippen molar-refractivity contribution in [3.63, 3.8) is 0 Å². The maximum atomic E-state index is 6.37. The number of rotatable bonds is 7. The summed E-state index contributed by atoms with van der Waals surface area (Å²) in [4.78, 5) is 4.79. The molecule has 0 aliphatic rings. The third-order valence-corrected chi connectivity index (χ3v) is 4.91. The van der Waals surface area contributed by atoms with Gasteiger partial charge in [0.05, 0.1) is 11.1 Å². The van der Waals surface area contributed by atoms with E-state index in [4.69, 9.17) is 16.6 Å². The van der Waals surface area contributed by atoms with Gasteiger partial charge in [-0.2, -0.15) is 16.9 Å². The van der Waals surface area contributed by atoms with Crippen molar-refractivity contribution in [3.05, 3.63) is 11.5 Å². The molecule has 0 saturated carbocycles. The Morgan fingerprint density at radius 2 is 2.00 bits per heavy atom. The Morgan fingerprint density at radius 1 is 1.29 bits per heavy atom. The van der Waals surface area contributed by atoms with E-state index in [-0.39, 0.29) is 5.38 Å². The molecule has 6 heteroatoms. The Labute approximate surface area is 136 Å². The SMILES string of the molecule is CCSCCC(C)n1c(C(C)Cl)nc2c(CC)nn(C)c21. The lowest BCUT2D eigenvalue weighted by Gasteiger charge is -2.18. The third kappa shape index (κ3) is 3.24. The molecule has 0 saturated heterocycles. The highest BCUT2D eigenvalue weighted by Crippen LogP contribution is 2.31. The van der Waals surface area contributed by atoms with E-state index in [1.54, 1.807) is 0 Å². The first kappa shape index (κ1) is 16.7. The van der Waals surface area contributed by atoms with Crippen molar-refractivity contribution in [3.8, 4) is 0 Å². The minimum atomic E-state index is -0.0941. The molecule has 2 atom stereocenters. The second kappa shape index (κ2) is 7.05. The Morgan fingerprint density at radius 3 is 2.57 bits per heavy atom. The number of thioether (sulfide) groups is 1. The van der Waals surface area contributed by atoms with Gasteiger partial charge < -0.3 is 4.57 Å². The van der Waals surface area contributed by atoms with Crippen LogP contribution in [-0.2, 0) is 13.5 Å². The van der Waals surface area contributed by atoms with Crippen molar-refractivity contribution in [2.24, 2.45) is 7.05 Å². The monoisotopic (exact) mass is 328 g/mol. The number of aryl methyl sites for hydroxylation is 2. The first-order valence-electron chi connectivity index (χ1n) is 7.66. The summed E-state index contributed by atoms with van der Waals surface area (Å²) in [5, 5.41) is 4.50. The van der Waals surface area contributed by atoms with Gasteiger partial charge in [-0.1, -0.05) is 13.8 Å². The molecule has 2 rings (SSSR count). The largest absolute Gasteiger partial charge is 0.309 e. The molecule has 2 heterocycles. The molecule has 0 aliphatic heterocycles. The molecule has 0 amide bonds. The lowest BCUT2D eigenvalue weighted by molar-refractivity contribution is 0.513. The fourth-order valence-electron chi connectivity index (χ4n) is 2.70. The molecule has 2 unspecified atom stereocenters. The molecular formula is C15H25ClN4S. The highest BCUT2D eigenvalue weighted by atomic mass is 35.5. The zero-order valence-electron chi connectivity index (χ0n) is 13.6. The average molecular weight is 329 g/mol. The molecule has 0 radical (unpaired) electrons. The van der Waals surface area contributed by atoms with Crippen LogP contribution >= 0.6 is 23.4 Å². The van der Waals surface area contributed by atoms with E-state index in [0.717, 1.165) is 47.0 Å². The summed E-state index contributed by atoms with van der Waals surface area (Å²) < 4.78 is 4.24. The second-order valence-electron chi connectivity index (χ2n) is 5.39. The van der Waals surface area contributed by atoms with Crippen LogP contribution in [0.4, 0.5) is 0 Å². The zero-order valence-corrected chi connectivity index (χ0v) is 15.1. The van der Waals surface area contributed by atoms with E-state index in [1.165, 1.54) is 0 Å². The predicted molar refractivity (Wildman–Crippen MR) is 92.5 cm³/mol. The van der Waals surface area contributed by atoms with E-state index in [1.807, 2.05) is 30.4 Å². The molecule has 0 aliphatic carbocycles. The van der Waals surface area contributed by atoms with Gasteiger partial charge in [0.25, 0.3) is 0 Å². The van der Waals surface area contributed by atoms with Gasteiger partial charge in [0.2, 0.25) is 0 Å². The van der Waals surface area contributed by atoms with Crippen LogP contribution in [0, 0.1) is 0 Å². The average Bonchev–Trinajstić information content (AvgIpc) is 2.97. The summed E-state index contributed by atoms with van der Waals surface area (Å²) >= 11 is 8.35. The van der Waals surface area contributed by atoms with Crippen LogP contribution < -0.4 is 0 Å². The van der Waals surface area contributed by atoms with Gasteiger partial charge in [-0.15, -0.1) is 11.6 Å². The van der Waals surface area contributed by atoms with Crippen molar-refractivity contribution in [1.82, 2.24) is 19.3 Å². The Balaban J connectivity index is 2.48. The van der Waals surface area contributed by atoms with Crippen LogP contribution in [0.1, 0.15) is 57.1 Å². The van der Waals surface area contributed by atoms with Crippen LogP contribution in [0.5, 0.6) is 0 Å². The molecule has 118 valence electrons. The fraction of sp³-hybridized carbons (Fsp3) is 0.733. The number of hydrogen-bond donors (Lipinski definition) is 0. The summed E-state index contributed by atoms with van der Waals surface area (Å²) in [6.07, 6.45) is 2.01. The zero-order chi connectivity index (χ0) is 15.6. The smallest absolute Gasteiger partial charge is 0.158 e. The van der Waals surface area contributed by atoms with E-state index < -0.39 is 0 Å². The van der Waals surface area contributed by atoms with E-state index >= 15 is 0 Å². The fourth-order valence-corrected chi connectivity index (χ4v) is 3.65. The molecule has 0 spiro atoms. The minimum absolute atomic E-state index is 0.0941. The van der Waals surface area contributed by atoms with Gasteiger partial charge in [0, 0.05) is 13.1 Å². The second-order valence-corrected chi connectivity index (χ2v) is 7.44. The maximum Gasteiger partial charge on any atom is 0.158 e. The van der Waals surface area contributed by atoms with Crippen LogP contribution in [0.15, 0.2) is 0 Å². The summed E-state index contributed by atoms with van der Waals surface area (Å²) in [5.74, 6) is 3.28. The van der Waals surface area contributed by atoms with Crippen molar-refractivity contribution < 1.29 is 0 Å². The van der Waals surface area contributed by atoms with Gasteiger partial charge in [0.15, 0.2) is 5.65 Å². The molecule has 4 nitrogen and oxygen atoms in total. The molecule has 0 N–H and O–H groups in total. The lowest BCUT2D eigenvalue weighted by atomic mass is 10.2. The van der Waals surface area contributed by atoms with Gasteiger partial charge in [-0.25, -0.2) is 4.98 Å². The number of nitrogens with zero attached hydrogens (tertiary/aromatic N) is 4. The van der Waals surface area contributed by atoms with Gasteiger partial charge in [0.1, 0.15) is 11.3 Å². The molecule has 21 heavy (non-hydrogen) atoms. The van der Waals surface area contributed by atoms with Crippen molar-refractivity contribution in [1.29, 1.82) is 0 Å². The first-order chi connectivity index (χ1) is 10.0. The predicted octanol–water partition coefficient (Wildman–Crippen LogP) is 4.34. The van der Waals surface area contributed by atoms with Crippen LogP contribution in [0.2, 0.25) is 0 Å². The number of aromatic nitrogens is 4. The van der Waals surface area contributed by atoms with Gasteiger partial charge in [-0.05, 0) is 38.2 Å². The van der Waals surface area contributed by atoms with Crippen molar-refractivity contribution in [2.75, 3.05) is 11.5 Å². The molecule has 0 fully saturated rings. The standard InChI is InChI=1S/C15H25ClN4S/c1-6-12-13-15(19(5)18-12)20(14(17-13)11(4)16)10(3)8-9-21-7-2/h10-11H,6-9H2,1-5H3. The number of imidazole rings is 1. The lowest BCUT2D eigenvalue weighted by Crippen LogP contribution is -2.13. The first-order valence-corrected chi connectivity index (χ1v) is 9.25. The summed E-state index contributed by atoms with van der Waals surface area (Å²) in [5.41, 5.74) is 3.17. The Bertz CT molecular complexity index is 602. The van der Waals surface area contributed by atoms with Crippen molar-refractivity contribution >= 4 is 34.5 Å². The highest BCUT2D eigenvalue weighted by molar-refractivity contribution is 7.99. The highest BCUT2D eigenvalue weighted by Gasteiger charge is 2.23. The molecule has 2 aromatic heterocycles. The van der Waals surface area contributed by atoms with Crippen LogP contribution in [0.3, 0.4) is 0 Å².